The lowest BCUT2D eigenvalue weighted by molar-refractivity contribution is -0.210. The topological polar surface area (TPSA) is 46.2 Å². The van der Waals surface area contributed by atoms with E-state index < -0.39 is 30.0 Å². The fourth-order valence-electron chi connectivity index (χ4n) is 1.11. The van der Waals surface area contributed by atoms with Gasteiger partial charge >= 0.3 is 6.18 Å². The van der Waals surface area contributed by atoms with Crippen LogP contribution in [0.5, 0.6) is 0 Å². The van der Waals surface area contributed by atoms with E-state index in [1.165, 1.54) is 0 Å². The van der Waals surface area contributed by atoms with Crippen molar-refractivity contribution in [2.24, 2.45) is 5.73 Å². The monoisotopic (exact) mass is 241 g/mol. The zero-order valence-electron chi connectivity index (χ0n) is 7.80. The molecule has 0 aromatic heterocycles. The summed E-state index contributed by atoms with van der Waals surface area (Å²) in [4.78, 5) is 0. The summed E-state index contributed by atoms with van der Waals surface area (Å²) in [5.74, 6) is -2.51. The quantitative estimate of drug-likeness (QED) is 0.776. The van der Waals surface area contributed by atoms with Crippen molar-refractivity contribution in [1.29, 1.82) is 0 Å². The first-order chi connectivity index (χ1) is 7.23. The molecule has 2 nitrogen and oxygen atoms in total. The highest BCUT2D eigenvalue weighted by molar-refractivity contribution is 5.22. The zero-order valence-corrected chi connectivity index (χ0v) is 7.80. The molecule has 0 aliphatic carbocycles. The summed E-state index contributed by atoms with van der Waals surface area (Å²) in [5.41, 5.74) is 4.75. The number of aliphatic hydroxyl groups is 1. The first kappa shape index (κ1) is 12.9. The number of rotatable bonds is 2. The molecule has 1 rings (SSSR count). The average Bonchev–Trinajstić information content (AvgIpc) is 2.18. The fraction of sp³-hybridized carbons (Fsp3) is 0.333. The molecule has 0 bridgehead atoms. The van der Waals surface area contributed by atoms with E-state index in [1.54, 1.807) is 0 Å². The lowest BCUT2D eigenvalue weighted by atomic mass is 10.0. The third-order valence-electron chi connectivity index (χ3n) is 2.00. The maximum absolute atomic E-state index is 12.7. The van der Waals surface area contributed by atoms with Gasteiger partial charge in [-0.2, -0.15) is 13.2 Å². The number of hydrogen-bond donors (Lipinski definition) is 2. The van der Waals surface area contributed by atoms with Gasteiger partial charge < -0.3 is 10.8 Å². The largest absolute Gasteiger partial charge is 0.416 e. The SMILES string of the molecule is N[C@H](c1ccc(F)c(F)c1)[C@@H](O)C(F)(F)F. The fourth-order valence-corrected chi connectivity index (χ4v) is 1.11. The highest BCUT2D eigenvalue weighted by Crippen LogP contribution is 2.29. The van der Waals surface area contributed by atoms with Gasteiger partial charge in [0.15, 0.2) is 17.7 Å². The van der Waals surface area contributed by atoms with Crippen molar-refractivity contribution in [3.63, 3.8) is 0 Å². The van der Waals surface area contributed by atoms with Crippen LogP contribution >= 0.6 is 0 Å². The molecule has 0 aliphatic rings. The summed E-state index contributed by atoms with van der Waals surface area (Å²) >= 11 is 0. The lowest BCUT2D eigenvalue weighted by Crippen LogP contribution is -2.38. The van der Waals surface area contributed by atoms with E-state index in [0.29, 0.717) is 12.1 Å². The average molecular weight is 241 g/mol. The summed E-state index contributed by atoms with van der Waals surface area (Å²) < 4.78 is 61.4. The van der Waals surface area contributed by atoms with Crippen molar-refractivity contribution in [3.05, 3.63) is 35.4 Å². The van der Waals surface area contributed by atoms with Gasteiger partial charge in [0.05, 0.1) is 6.04 Å². The van der Waals surface area contributed by atoms with Gasteiger partial charge in [-0.3, -0.25) is 0 Å². The van der Waals surface area contributed by atoms with Crippen molar-refractivity contribution >= 4 is 0 Å². The van der Waals surface area contributed by atoms with Crippen LogP contribution in [0, 0.1) is 11.6 Å². The predicted molar refractivity (Wildman–Crippen MR) is 45.3 cm³/mol. The second-order valence-electron chi connectivity index (χ2n) is 3.19. The molecule has 0 unspecified atom stereocenters. The second-order valence-corrected chi connectivity index (χ2v) is 3.19. The van der Waals surface area contributed by atoms with E-state index in [9.17, 15) is 22.0 Å². The molecule has 7 heteroatoms. The summed E-state index contributed by atoms with van der Waals surface area (Å²) in [7, 11) is 0. The highest BCUT2D eigenvalue weighted by atomic mass is 19.4. The maximum atomic E-state index is 12.7. The Morgan fingerprint density at radius 2 is 1.69 bits per heavy atom. The molecule has 3 N–H and O–H groups in total. The van der Waals surface area contributed by atoms with Crippen LogP contribution in [-0.2, 0) is 0 Å². The molecular weight excluding hydrogens is 233 g/mol. The van der Waals surface area contributed by atoms with Crippen LogP contribution in [0.4, 0.5) is 22.0 Å². The molecule has 0 spiro atoms. The minimum absolute atomic E-state index is 0.330. The van der Waals surface area contributed by atoms with Crippen molar-refractivity contribution in [1.82, 2.24) is 0 Å². The van der Waals surface area contributed by atoms with Gasteiger partial charge in [-0.05, 0) is 17.7 Å². The van der Waals surface area contributed by atoms with Crippen molar-refractivity contribution < 1.29 is 27.1 Å². The molecule has 0 radical (unpaired) electrons. The van der Waals surface area contributed by atoms with Crippen LogP contribution < -0.4 is 5.73 Å². The number of alkyl halides is 3. The van der Waals surface area contributed by atoms with Crippen molar-refractivity contribution in [2.45, 2.75) is 18.3 Å². The number of nitrogens with two attached hydrogens (primary N) is 1. The molecule has 2 atom stereocenters. The Morgan fingerprint density at radius 3 is 2.12 bits per heavy atom. The van der Waals surface area contributed by atoms with Crippen LogP contribution in [0.3, 0.4) is 0 Å². The van der Waals surface area contributed by atoms with Crippen LogP contribution in [0.2, 0.25) is 0 Å². The summed E-state index contributed by atoms with van der Waals surface area (Å²) in [6.45, 7) is 0. The Morgan fingerprint density at radius 1 is 1.12 bits per heavy atom. The Bertz CT molecular complexity index is 379. The zero-order chi connectivity index (χ0) is 12.5. The van der Waals surface area contributed by atoms with Crippen LogP contribution in [-0.4, -0.2) is 17.4 Å². The molecule has 0 amide bonds. The number of hydrogen-bond acceptors (Lipinski definition) is 2. The molecule has 0 fully saturated rings. The Labute approximate surface area is 87.5 Å². The third-order valence-corrected chi connectivity index (χ3v) is 2.00. The molecule has 16 heavy (non-hydrogen) atoms. The summed E-state index contributed by atoms with van der Waals surface area (Å²) in [6.07, 6.45) is -7.73. The van der Waals surface area contributed by atoms with Gasteiger partial charge in [0.25, 0.3) is 0 Å². The normalized spacial score (nSPS) is 15.9. The van der Waals surface area contributed by atoms with Crippen molar-refractivity contribution in [3.8, 4) is 0 Å². The van der Waals surface area contributed by atoms with Gasteiger partial charge in [-0.1, -0.05) is 6.07 Å². The summed E-state index contributed by atoms with van der Waals surface area (Å²) in [5, 5.41) is 8.80. The molecule has 0 saturated heterocycles. The Balaban J connectivity index is 2.97. The standard InChI is InChI=1S/C9H8F5NO/c10-5-2-1-4(3-6(5)11)7(15)8(16)9(12,13)14/h1-3,7-8,16H,15H2/t7-,8-/m1/s1. The molecular formula is C9H8F5NO. The number of benzene rings is 1. The van der Waals surface area contributed by atoms with E-state index in [4.69, 9.17) is 10.8 Å². The van der Waals surface area contributed by atoms with Crippen molar-refractivity contribution in [2.75, 3.05) is 0 Å². The molecule has 1 aromatic rings. The van der Waals surface area contributed by atoms with E-state index >= 15 is 0 Å². The van der Waals surface area contributed by atoms with Crippen LogP contribution in [0.1, 0.15) is 11.6 Å². The lowest BCUT2D eigenvalue weighted by Gasteiger charge is -2.21. The van der Waals surface area contributed by atoms with E-state index in [1.807, 2.05) is 0 Å². The van der Waals surface area contributed by atoms with Gasteiger partial charge in [0.1, 0.15) is 0 Å². The van der Waals surface area contributed by atoms with E-state index in [0.717, 1.165) is 6.07 Å². The molecule has 0 aliphatic heterocycles. The first-order valence-corrected chi connectivity index (χ1v) is 4.19. The summed E-state index contributed by atoms with van der Waals surface area (Å²) in [6, 6.07) is 0.204. The second kappa shape index (κ2) is 4.34. The van der Waals surface area contributed by atoms with Gasteiger partial charge in [0, 0.05) is 0 Å². The third kappa shape index (κ3) is 2.67. The minimum atomic E-state index is -4.91. The van der Waals surface area contributed by atoms with Crippen LogP contribution in [0.25, 0.3) is 0 Å². The predicted octanol–water partition coefficient (Wildman–Crippen LogP) is 1.89. The van der Waals surface area contributed by atoms with Crippen LogP contribution in [0.15, 0.2) is 18.2 Å². The molecule has 90 valence electrons. The Hall–Kier alpha value is -1.21. The highest BCUT2D eigenvalue weighted by Gasteiger charge is 2.42. The van der Waals surface area contributed by atoms with E-state index in [2.05, 4.69) is 0 Å². The molecule has 0 heterocycles. The number of halogens is 5. The first-order valence-electron chi connectivity index (χ1n) is 4.19. The van der Waals surface area contributed by atoms with Gasteiger partial charge in [-0.15, -0.1) is 0 Å². The Kier molecular flexibility index (Phi) is 3.49. The molecule has 0 saturated carbocycles. The number of aliphatic hydroxyl groups excluding tert-OH is 1. The maximum Gasteiger partial charge on any atom is 0.416 e. The molecule has 1 aromatic carbocycles. The van der Waals surface area contributed by atoms with Gasteiger partial charge in [-0.25, -0.2) is 8.78 Å². The minimum Gasteiger partial charge on any atom is -0.382 e. The smallest absolute Gasteiger partial charge is 0.382 e. The van der Waals surface area contributed by atoms with E-state index in [-0.39, 0.29) is 5.56 Å². The van der Waals surface area contributed by atoms with Gasteiger partial charge in [0.2, 0.25) is 0 Å².